The van der Waals surface area contributed by atoms with Gasteiger partial charge in [-0.15, -0.1) is 10.2 Å². The number of aromatic nitrogens is 5. The molecule has 1 atom stereocenters. The topological polar surface area (TPSA) is 68.5 Å². The van der Waals surface area contributed by atoms with Crippen molar-refractivity contribution in [3.8, 4) is 11.4 Å². The van der Waals surface area contributed by atoms with Crippen molar-refractivity contribution >= 4 is 28.1 Å². The summed E-state index contributed by atoms with van der Waals surface area (Å²) in [5.74, 6) is 3.65. The normalized spacial score (nSPS) is 14.9. The number of hydrogen-bond donors (Lipinski definition) is 1. The van der Waals surface area contributed by atoms with Crippen molar-refractivity contribution in [3.05, 3.63) is 52.7 Å². The van der Waals surface area contributed by atoms with E-state index in [1.165, 1.54) is 12.8 Å². The molecule has 0 saturated heterocycles. The first-order valence-corrected chi connectivity index (χ1v) is 10.2. The second-order valence-electron chi connectivity index (χ2n) is 6.87. The van der Waals surface area contributed by atoms with Crippen LogP contribution < -0.4 is 5.32 Å². The van der Waals surface area contributed by atoms with Gasteiger partial charge in [0, 0.05) is 29.3 Å². The van der Waals surface area contributed by atoms with Crippen molar-refractivity contribution in [1.29, 1.82) is 0 Å². The molecule has 1 unspecified atom stereocenters. The van der Waals surface area contributed by atoms with Gasteiger partial charge in [-0.05, 0) is 43.3 Å². The molecule has 136 valence electrons. The first kappa shape index (κ1) is 16.4. The van der Waals surface area contributed by atoms with Gasteiger partial charge in [0.25, 0.3) is 0 Å². The summed E-state index contributed by atoms with van der Waals surface area (Å²) in [5.41, 5.74) is 1.98. The van der Waals surface area contributed by atoms with E-state index in [0.717, 1.165) is 52.7 Å². The molecule has 1 aromatic carbocycles. The molecule has 4 aromatic rings. The molecule has 6 nitrogen and oxygen atoms in total. The number of nitrogens with zero attached hydrogens (tertiary/aromatic N) is 5. The van der Waals surface area contributed by atoms with E-state index in [0.29, 0.717) is 0 Å². The van der Waals surface area contributed by atoms with Crippen LogP contribution in [0.5, 0.6) is 0 Å². The average Bonchev–Trinajstić information content (AvgIpc) is 3.38. The first-order chi connectivity index (χ1) is 13.3. The number of para-hydroxylation sites is 1. The molecule has 0 radical (unpaired) electrons. The Kier molecular flexibility index (Phi) is 4.09. The zero-order valence-electron chi connectivity index (χ0n) is 15.1. The SMILES string of the molecule is CC(Nc1nc(-c2ccsc2)nc2ccccc12)c1nnc2n1CCCC2. The largest absolute Gasteiger partial charge is 0.360 e. The van der Waals surface area contributed by atoms with Crippen molar-refractivity contribution in [2.75, 3.05) is 5.32 Å². The number of nitrogens with one attached hydrogen (secondary N) is 1. The number of thiophene rings is 1. The van der Waals surface area contributed by atoms with Crippen molar-refractivity contribution < 1.29 is 0 Å². The van der Waals surface area contributed by atoms with Gasteiger partial charge in [0.15, 0.2) is 11.6 Å². The number of hydrogen-bond acceptors (Lipinski definition) is 6. The highest BCUT2D eigenvalue weighted by atomic mass is 32.1. The summed E-state index contributed by atoms with van der Waals surface area (Å²) < 4.78 is 2.25. The molecule has 3 aromatic heterocycles. The van der Waals surface area contributed by atoms with Crippen LogP contribution in [0.2, 0.25) is 0 Å². The van der Waals surface area contributed by atoms with Gasteiger partial charge >= 0.3 is 0 Å². The minimum atomic E-state index is 0.0120. The zero-order valence-corrected chi connectivity index (χ0v) is 15.9. The minimum absolute atomic E-state index is 0.0120. The molecule has 1 aliphatic heterocycles. The third-order valence-electron chi connectivity index (χ3n) is 5.01. The molecule has 7 heteroatoms. The van der Waals surface area contributed by atoms with Crippen LogP contribution in [0.4, 0.5) is 5.82 Å². The van der Waals surface area contributed by atoms with Gasteiger partial charge in [-0.3, -0.25) is 0 Å². The second kappa shape index (κ2) is 6.74. The van der Waals surface area contributed by atoms with Gasteiger partial charge in [-0.25, -0.2) is 9.97 Å². The van der Waals surface area contributed by atoms with Crippen molar-refractivity contribution in [2.45, 2.75) is 38.8 Å². The summed E-state index contributed by atoms with van der Waals surface area (Å²) in [4.78, 5) is 9.57. The summed E-state index contributed by atoms with van der Waals surface area (Å²) in [6, 6.07) is 10.2. The summed E-state index contributed by atoms with van der Waals surface area (Å²) in [7, 11) is 0. The molecule has 1 N–H and O–H groups in total. The molecule has 0 fully saturated rings. The smallest absolute Gasteiger partial charge is 0.162 e. The lowest BCUT2D eigenvalue weighted by molar-refractivity contribution is 0.500. The van der Waals surface area contributed by atoms with Crippen LogP contribution in [0.1, 0.15) is 37.5 Å². The van der Waals surface area contributed by atoms with Crippen LogP contribution in [0.25, 0.3) is 22.3 Å². The number of rotatable bonds is 4. The lowest BCUT2D eigenvalue weighted by Crippen LogP contribution is -2.18. The van der Waals surface area contributed by atoms with E-state index in [4.69, 9.17) is 9.97 Å². The van der Waals surface area contributed by atoms with Gasteiger partial charge in [-0.1, -0.05) is 12.1 Å². The highest BCUT2D eigenvalue weighted by Crippen LogP contribution is 2.29. The lowest BCUT2D eigenvalue weighted by atomic mass is 10.1. The maximum Gasteiger partial charge on any atom is 0.162 e. The maximum atomic E-state index is 4.83. The highest BCUT2D eigenvalue weighted by molar-refractivity contribution is 7.08. The highest BCUT2D eigenvalue weighted by Gasteiger charge is 2.21. The third-order valence-corrected chi connectivity index (χ3v) is 5.69. The molecule has 27 heavy (non-hydrogen) atoms. The molecule has 0 amide bonds. The Labute approximate surface area is 161 Å². The Morgan fingerprint density at radius 3 is 2.93 bits per heavy atom. The number of fused-ring (bicyclic) bond motifs is 2. The van der Waals surface area contributed by atoms with Gasteiger partial charge in [0.2, 0.25) is 0 Å². The summed E-state index contributed by atoms with van der Waals surface area (Å²) in [5, 5.41) is 17.5. The molecule has 0 bridgehead atoms. The first-order valence-electron chi connectivity index (χ1n) is 9.27. The van der Waals surface area contributed by atoms with Gasteiger partial charge < -0.3 is 9.88 Å². The van der Waals surface area contributed by atoms with Crippen LogP contribution in [0.15, 0.2) is 41.1 Å². The predicted molar refractivity (Wildman–Crippen MR) is 108 cm³/mol. The van der Waals surface area contributed by atoms with E-state index in [2.05, 4.69) is 44.5 Å². The third kappa shape index (κ3) is 2.98. The molecule has 1 aliphatic rings. The number of benzene rings is 1. The molecule has 5 rings (SSSR count). The van der Waals surface area contributed by atoms with Gasteiger partial charge in [-0.2, -0.15) is 11.3 Å². The summed E-state index contributed by atoms with van der Waals surface area (Å²) >= 11 is 1.65. The van der Waals surface area contributed by atoms with E-state index in [1.807, 2.05) is 23.6 Å². The lowest BCUT2D eigenvalue weighted by Gasteiger charge is -2.20. The maximum absolute atomic E-state index is 4.83. The van der Waals surface area contributed by atoms with Crippen LogP contribution in [-0.4, -0.2) is 24.7 Å². The standard InChI is InChI=1S/C20H20N6S/c1-13(20-25-24-17-8-4-5-10-26(17)20)21-19-15-6-2-3-7-16(15)22-18(23-19)14-9-11-27-12-14/h2-3,6-7,9,11-13H,4-5,8,10H2,1H3,(H,21,22,23). The quantitative estimate of drug-likeness (QED) is 0.569. The predicted octanol–water partition coefficient (Wildman–Crippen LogP) is 4.46. The average molecular weight is 376 g/mol. The Morgan fingerprint density at radius 1 is 1.11 bits per heavy atom. The number of aryl methyl sites for hydroxylation is 1. The Morgan fingerprint density at radius 2 is 2.04 bits per heavy atom. The van der Waals surface area contributed by atoms with Crippen molar-refractivity contribution in [2.24, 2.45) is 0 Å². The zero-order chi connectivity index (χ0) is 18.2. The van der Waals surface area contributed by atoms with Gasteiger partial charge in [0.1, 0.15) is 11.6 Å². The Bertz CT molecular complexity index is 1090. The monoisotopic (exact) mass is 376 g/mol. The second-order valence-corrected chi connectivity index (χ2v) is 7.65. The van der Waals surface area contributed by atoms with Crippen LogP contribution in [0.3, 0.4) is 0 Å². The molecule has 0 spiro atoms. The Hall–Kier alpha value is -2.80. The van der Waals surface area contributed by atoms with E-state index in [-0.39, 0.29) is 6.04 Å². The van der Waals surface area contributed by atoms with E-state index < -0.39 is 0 Å². The fourth-order valence-corrected chi connectivity index (χ4v) is 4.26. The molecule has 0 saturated carbocycles. The van der Waals surface area contributed by atoms with Crippen LogP contribution in [-0.2, 0) is 13.0 Å². The summed E-state index contributed by atoms with van der Waals surface area (Å²) in [6.07, 6.45) is 3.39. The molecule has 4 heterocycles. The minimum Gasteiger partial charge on any atom is -0.360 e. The fraction of sp³-hybridized carbons (Fsp3) is 0.300. The molecular weight excluding hydrogens is 356 g/mol. The van der Waals surface area contributed by atoms with E-state index >= 15 is 0 Å². The van der Waals surface area contributed by atoms with E-state index in [1.54, 1.807) is 11.3 Å². The van der Waals surface area contributed by atoms with E-state index in [9.17, 15) is 0 Å². The van der Waals surface area contributed by atoms with Gasteiger partial charge in [0.05, 0.1) is 11.6 Å². The number of anilines is 1. The molecule has 0 aliphatic carbocycles. The fourth-order valence-electron chi connectivity index (χ4n) is 3.63. The Balaban J connectivity index is 1.55. The molecular formula is C20H20N6S. The summed E-state index contributed by atoms with van der Waals surface area (Å²) in [6.45, 7) is 3.11. The van der Waals surface area contributed by atoms with Crippen LogP contribution >= 0.6 is 11.3 Å². The van der Waals surface area contributed by atoms with Crippen molar-refractivity contribution in [1.82, 2.24) is 24.7 Å². The van der Waals surface area contributed by atoms with Crippen molar-refractivity contribution in [3.63, 3.8) is 0 Å². The van der Waals surface area contributed by atoms with Crippen LogP contribution in [0, 0.1) is 0 Å².